The second-order valence-corrected chi connectivity index (χ2v) is 5.24. The van der Waals surface area contributed by atoms with Crippen LogP contribution >= 0.6 is 0 Å². The lowest BCUT2D eigenvalue weighted by molar-refractivity contribution is 0.572. The third-order valence-electron chi connectivity index (χ3n) is 3.30. The summed E-state index contributed by atoms with van der Waals surface area (Å²) in [5.41, 5.74) is 5.39. The number of nitrogens with zero attached hydrogens (tertiary/aromatic N) is 1. The lowest BCUT2D eigenvalue weighted by Crippen LogP contribution is -2.22. The zero-order valence-corrected chi connectivity index (χ0v) is 11.5. The van der Waals surface area contributed by atoms with Crippen molar-refractivity contribution in [3.63, 3.8) is 0 Å². The molecule has 2 nitrogen and oxygen atoms in total. The van der Waals surface area contributed by atoms with Crippen LogP contribution in [0.5, 0.6) is 0 Å². The quantitative estimate of drug-likeness (QED) is 0.856. The van der Waals surface area contributed by atoms with Gasteiger partial charge in [0.1, 0.15) is 0 Å². The lowest BCUT2D eigenvalue weighted by Gasteiger charge is -2.09. The Kier molecular flexibility index (Phi) is 3.25. The Morgan fingerprint density at radius 3 is 2.53 bits per heavy atom. The summed E-state index contributed by atoms with van der Waals surface area (Å²) >= 11 is 0. The molecule has 1 aromatic heterocycles. The number of aryl methyl sites for hydroxylation is 3. The van der Waals surface area contributed by atoms with Gasteiger partial charge in [0, 0.05) is 36.2 Å². The first-order chi connectivity index (χ1) is 7.99. The van der Waals surface area contributed by atoms with E-state index in [2.05, 4.69) is 62.8 Å². The largest absolute Gasteiger partial charge is 0.346 e. The summed E-state index contributed by atoms with van der Waals surface area (Å²) in [6.07, 6.45) is 0. The van der Waals surface area contributed by atoms with E-state index in [1.807, 2.05) is 0 Å². The molecule has 0 saturated heterocycles. The van der Waals surface area contributed by atoms with E-state index in [0.717, 1.165) is 6.54 Å². The van der Waals surface area contributed by atoms with Gasteiger partial charge in [-0.3, -0.25) is 0 Å². The molecule has 92 valence electrons. The second-order valence-electron chi connectivity index (χ2n) is 5.24. The van der Waals surface area contributed by atoms with Crippen molar-refractivity contribution in [1.29, 1.82) is 0 Å². The Morgan fingerprint density at radius 1 is 1.18 bits per heavy atom. The van der Waals surface area contributed by atoms with Crippen molar-refractivity contribution in [3.8, 4) is 0 Å². The molecule has 1 aromatic carbocycles. The maximum Gasteiger partial charge on any atom is 0.0485 e. The van der Waals surface area contributed by atoms with Crippen LogP contribution in [0.15, 0.2) is 18.2 Å². The van der Waals surface area contributed by atoms with Gasteiger partial charge in [-0.05, 0) is 37.1 Å². The van der Waals surface area contributed by atoms with Crippen LogP contribution in [0.4, 0.5) is 0 Å². The molecule has 0 aliphatic heterocycles. The van der Waals surface area contributed by atoms with E-state index in [-0.39, 0.29) is 0 Å². The molecule has 0 radical (unpaired) electrons. The average Bonchev–Trinajstić information content (AvgIpc) is 2.54. The van der Waals surface area contributed by atoms with Crippen LogP contribution in [0.2, 0.25) is 0 Å². The molecule has 17 heavy (non-hydrogen) atoms. The van der Waals surface area contributed by atoms with Crippen molar-refractivity contribution in [1.82, 2.24) is 9.88 Å². The molecule has 0 spiro atoms. The van der Waals surface area contributed by atoms with Crippen molar-refractivity contribution >= 4 is 10.9 Å². The Bertz CT molecular complexity index is 535. The van der Waals surface area contributed by atoms with Gasteiger partial charge in [-0.15, -0.1) is 0 Å². The smallest absolute Gasteiger partial charge is 0.0485 e. The summed E-state index contributed by atoms with van der Waals surface area (Å²) in [4.78, 5) is 0. The van der Waals surface area contributed by atoms with Crippen LogP contribution < -0.4 is 5.32 Å². The van der Waals surface area contributed by atoms with Crippen molar-refractivity contribution in [2.24, 2.45) is 7.05 Å². The van der Waals surface area contributed by atoms with Crippen LogP contribution in [0.25, 0.3) is 10.9 Å². The Balaban J connectivity index is 2.45. The zero-order chi connectivity index (χ0) is 12.6. The van der Waals surface area contributed by atoms with Crippen LogP contribution in [0.1, 0.15) is 30.7 Å². The number of hydrogen-bond acceptors (Lipinski definition) is 1. The van der Waals surface area contributed by atoms with Gasteiger partial charge in [0.2, 0.25) is 0 Å². The highest BCUT2D eigenvalue weighted by Crippen LogP contribution is 2.23. The van der Waals surface area contributed by atoms with E-state index in [4.69, 9.17) is 0 Å². The highest BCUT2D eigenvalue weighted by Gasteiger charge is 2.08. The number of aromatic nitrogens is 1. The van der Waals surface area contributed by atoms with Crippen LogP contribution in [0, 0.1) is 13.8 Å². The fraction of sp³-hybridized carbons (Fsp3) is 0.467. The van der Waals surface area contributed by atoms with Gasteiger partial charge in [-0.1, -0.05) is 19.9 Å². The maximum atomic E-state index is 3.48. The third kappa shape index (κ3) is 2.37. The van der Waals surface area contributed by atoms with E-state index in [9.17, 15) is 0 Å². The van der Waals surface area contributed by atoms with Gasteiger partial charge in [0.25, 0.3) is 0 Å². The second kappa shape index (κ2) is 4.53. The molecule has 0 aliphatic rings. The normalized spacial score (nSPS) is 11.6. The predicted octanol–water partition coefficient (Wildman–Crippen LogP) is 3.29. The van der Waals surface area contributed by atoms with Crippen molar-refractivity contribution in [2.45, 2.75) is 40.3 Å². The monoisotopic (exact) mass is 230 g/mol. The van der Waals surface area contributed by atoms with E-state index in [1.165, 1.54) is 27.7 Å². The molecule has 0 atom stereocenters. The molecular formula is C15H22N2. The van der Waals surface area contributed by atoms with Gasteiger partial charge in [0.05, 0.1) is 0 Å². The summed E-state index contributed by atoms with van der Waals surface area (Å²) in [5.74, 6) is 0. The number of hydrogen-bond donors (Lipinski definition) is 1. The predicted molar refractivity (Wildman–Crippen MR) is 74.4 cm³/mol. The minimum Gasteiger partial charge on any atom is -0.346 e. The molecule has 1 N–H and O–H groups in total. The zero-order valence-electron chi connectivity index (χ0n) is 11.5. The Labute approximate surface area is 104 Å². The van der Waals surface area contributed by atoms with Gasteiger partial charge in [-0.25, -0.2) is 0 Å². The lowest BCUT2D eigenvalue weighted by atomic mass is 10.1. The minimum absolute atomic E-state index is 0.524. The van der Waals surface area contributed by atoms with Gasteiger partial charge >= 0.3 is 0 Å². The number of nitrogens with one attached hydrogen (secondary N) is 1. The first-order valence-corrected chi connectivity index (χ1v) is 6.28. The molecule has 2 rings (SSSR count). The van der Waals surface area contributed by atoms with Crippen LogP contribution in [0.3, 0.4) is 0 Å². The summed E-state index contributed by atoms with van der Waals surface area (Å²) in [6.45, 7) is 9.64. The molecule has 0 unspecified atom stereocenters. The van der Waals surface area contributed by atoms with E-state index in [0.29, 0.717) is 6.04 Å². The Morgan fingerprint density at radius 2 is 1.88 bits per heavy atom. The molecule has 1 heterocycles. The van der Waals surface area contributed by atoms with Crippen molar-refractivity contribution < 1.29 is 0 Å². The molecule has 2 aromatic rings. The van der Waals surface area contributed by atoms with E-state index >= 15 is 0 Å². The number of rotatable bonds is 3. The van der Waals surface area contributed by atoms with Crippen LogP contribution in [-0.2, 0) is 13.6 Å². The number of benzene rings is 1. The minimum atomic E-state index is 0.524. The molecule has 0 fully saturated rings. The maximum absolute atomic E-state index is 3.48. The molecule has 0 aliphatic carbocycles. The average molecular weight is 230 g/mol. The SMILES string of the molecule is Cc1cc(C)c2cc(CNC(C)C)n(C)c2c1. The highest BCUT2D eigenvalue weighted by molar-refractivity contribution is 5.85. The van der Waals surface area contributed by atoms with Gasteiger partial charge in [-0.2, -0.15) is 0 Å². The molecule has 2 heteroatoms. The van der Waals surface area contributed by atoms with Crippen molar-refractivity contribution in [2.75, 3.05) is 0 Å². The first-order valence-electron chi connectivity index (χ1n) is 6.28. The van der Waals surface area contributed by atoms with E-state index < -0.39 is 0 Å². The summed E-state index contributed by atoms with van der Waals surface area (Å²) in [5, 5.41) is 4.85. The van der Waals surface area contributed by atoms with Gasteiger partial charge < -0.3 is 9.88 Å². The molecule has 0 bridgehead atoms. The summed E-state index contributed by atoms with van der Waals surface area (Å²) < 4.78 is 2.30. The molecule has 0 saturated carbocycles. The van der Waals surface area contributed by atoms with Crippen molar-refractivity contribution in [3.05, 3.63) is 35.0 Å². The third-order valence-corrected chi connectivity index (χ3v) is 3.30. The summed E-state index contributed by atoms with van der Waals surface area (Å²) in [7, 11) is 2.15. The standard InChI is InChI=1S/C15H22N2/c1-10(2)16-9-13-8-14-12(4)6-11(3)7-15(14)17(13)5/h6-8,10,16H,9H2,1-5H3. The first kappa shape index (κ1) is 12.2. The molecular weight excluding hydrogens is 208 g/mol. The number of fused-ring (bicyclic) bond motifs is 1. The topological polar surface area (TPSA) is 17.0 Å². The molecule has 0 amide bonds. The Hall–Kier alpha value is -1.28. The summed E-state index contributed by atoms with van der Waals surface area (Å²) in [6, 6.07) is 7.35. The van der Waals surface area contributed by atoms with E-state index in [1.54, 1.807) is 0 Å². The fourth-order valence-electron chi connectivity index (χ4n) is 2.32. The van der Waals surface area contributed by atoms with Gasteiger partial charge in [0.15, 0.2) is 0 Å². The van der Waals surface area contributed by atoms with Crippen LogP contribution in [-0.4, -0.2) is 10.6 Å². The fourth-order valence-corrected chi connectivity index (χ4v) is 2.32. The highest BCUT2D eigenvalue weighted by atomic mass is 15.0.